The molecule has 0 atom stereocenters. The summed E-state index contributed by atoms with van der Waals surface area (Å²) < 4.78 is 0. The first-order valence-corrected chi connectivity index (χ1v) is 3.74. The maximum Gasteiger partial charge on any atom is 0.00784 e. The molecule has 0 amide bonds. The van der Waals surface area contributed by atoms with Crippen LogP contribution in [0.25, 0.3) is 6.08 Å². The van der Waals surface area contributed by atoms with Crippen molar-refractivity contribution in [3.05, 3.63) is 41.6 Å². The highest BCUT2D eigenvalue weighted by Gasteiger charge is 1.84. The van der Waals surface area contributed by atoms with Crippen molar-refractivity contribution in [2.24, 2.45) is 0 Å². The molecule has 0 radical (unpaired) electrons. The van der Waals surface area contributed by atoms with Crippen molar-refractivity contribution in [2.45, 2.75) is 6.92 Å². The molecule has 0 fully saturated rings. The summed E-state index contributed by atoms with van der Waals surface area (Å²) in [5, 5.41) is 3.07. The van der Waals surface area contributed by atoms with Gasteiger partial charge >= 0.3 is 0 Å². The average Bonchev–Trinajstić information content (AvgIpc) is 2.06. The van der Waals surface area contributed by atoms with Crippen LogP contribution in [-0.2, 0) is 0 Å². The lowest BCUT2D eigenvalue weighted by Gasteiger charge is -1.97. The van der Waals surface area contributed by atoms with E-state index < -0.39 is 0 Å². The molecule has 0 aromatic heterocycles. The Bertz CT molecular complexity index is 236. The fraction of sp³-hybridized carbons (Fsp3) is 0.200. The van der Waals surface area contributed by atoms with Gasteiger partial charge in [0, 0.05) is 12.7 Å². The molecule has 1 nitrogen and oxygen atoms in total. The fourth-order valence-corrected chi connectivity index (χ4v) is 0.871. The van der Waals surface area contributed by atoms with E-state index in [2.05, 4.69) is 23.5 Å². The molecule has 1 rings (SSSR count). The van der Waals surface area contributed by atoms with Gasteiger partial charge in [0.15, 0.2) is 0 Å². The highest BCUT2D eigenvalue weighted by atomic mass is 14.8. The first-order valence-electron chi connectivity index (χ1n) is 3.74. The molecule has 0 unspecified atom stereocenters. The Morgan fingerprint density at radius 3 is 2.45 bits per heavy atom. The molecular formula is C10H13N. The van der Waals surface area contributed by atoms with Crippen molar-refractivity contribution in [1.29, 1.82) is 0 Å². The monoisotopic (exact) mass is 147 g/mol. The van der Waals surface area contributed by atoms with Gasteiger partial charge in [0.2, 0.25) is 0 Å². The molecular weight excluding hydrogens is 134 g/mol. The minimum Gasteiger partial charge on any atom is -0.392 e. The Kier molecular flexibility index (Phi) is 2.73. The molecule has 1 aromatic rings. The van der Waals surface area contributed by atoms with Crippen LogP contribution in [0.4, 0.5) is 0 Å². The Morgan fingerprint density at radius 1 is 1.27 bits per heavy atom. The standard InChI is InChI=1S/C10H13N/c1-9(11-2)8-10-6-4-3-5-7-10/h3-8,11H,1-2H3/b9-8+. The normalized spacial score (nSPS) is 11.3. The van der Waals surface area contributed by atoms with Crippen molar-refractivity contribution in [2.75, 3.05) is 7.05 Å². The van der Waals surface area contributed by atoms with Crippen LogP contribution < -0.4 is 5.32 Å². The molecule has 11 heavy (non-hydrogen) atoms. The van der Waals surface area contributed by atoms with Gasteiger partial charge < -0.3 is 5.32 Å². The summed E-state index contributed by atoms with van der Waals surface area (Å²) >= 11 is 0. The lowest BCUT2D eigenvalue weighted by Crippen LogP contribution is -2.00. The summed E-state index contributed by atoms with van der Waals surface area (Å²) in [4.78, 5) is 0. The van der Waals surface area contributed by atoms with Crippen LogP contribution >= 0.6 is 0 Å². The first-order chi connectivity index (χ1) is 5.33. The molecule has 0 aliphatic carbocycles. The van der Waals surface area contributed by atoms with E-state index in [0.29, 0.717) is 0 Å². The zero-order valence-corrected chi connectivity index (χ0v) is 6.96. The van der Waals surface area contributed by atoms with Crippen molar-refractivity contribution in [3.63, 3.8) is 0 Å². The van der Waals surface area contributed by atoms with Gasteiger partial charge in [0.1, 0.15) is 0 Å². The van der Waals surface area contributed by atoms with Crippen LogP contribution in [-0.4, -0.2) is 7.05 Å². The van der Waals surface area contributed by atoms with Gasteiger partial charge in [-0.25, -0.2) is 0 Å². The smallest absolute Gasteiger partial charge is 0.00784 e. The van der Waals surface area contributed by atoms with E-state index in [1.54, 1.807) is 0 Å². The Balaban J connectivity index is 2.79. The summed E-state index contributed by atoms with van der Waals surface area (Å²) in [6.07, 6.45) is 2.11. The molecule has 0 aliphatic rings. The number of hydrogen-bond donors (Lipinski definition) is 1. The SMILES string of the molecule is CN/C(C)=C/c1ccccc1. The molecule has 0 aliphatic heterocycles. The van der Waals surface area contributed by atoms with E-state index >= 15 is 0 Å². The molecule has 0 heterocycles. The second-order valence-corrected chi connectivity index (χ2v) is 2.49. The van der Waals surface area contributed by atoms with E-state index in [4.69, 9.17) is 0 Å². The molecule has 1 aromatic carbocycles. The van der Waals surface area contributed by atoms with Crippen LogP contribution in [0, 0.1) is 0 Å². The van der Waals surface area contributed by atoms with E-state index in [1.165, 1.54) is 11.3 Å². The Morgan fingerprint density at radius 2 is 1.91 bits per heavy atom. The number of benzene rings is 1. The van der Waals surface area contributed by atoms with Crippen molar-refractivity contribution < 1.29 is 0 Å². The quantitative estimate of drug-likeness (QED) is 0.676. The lowest BCUT2D eigenvalue weighted by atomic mass is 10.2. The van der Waals surface area contributed by atoms with Crippen LogP contribution in [0.1, 0.15) is 12.5 Å². The van der Waals surface area contributed by atoms with Crippen molar-refractivity contribution in [3.8, 4) is 0 Å². The zero-order chi connectivity index (χ0) is 8.10. The van der Waals surface area contributed by atoms with Crippen LogP contribution in [0.3, 0.4) is 0 Å². The van der Waals surface area contributed by atoms with E-state index in [9.17, 15) is 0 Å². The second kappa shape index (κ2) is 3.81. The molecule has 0 saturated heterocycles. The van der Waals surface area contributed by atoms with Gasteiger partial charge in [0.25, 0.3) is 0 Å². The van der Waals surface area contributed by atoms with Crippen LogP contribution in [0.5, 0.6) is 0 Å². The predicted molar refractivity (Wildman–Crippen MR) is 49.2 cm³/mol. The van der Waals surface area contributed by atoms with Gasteiger partial charge in [-0.05, 0) is 18.6 Å². The molecule has 1 heteroatoms. The number of nitrogens with one attached hydrogen (secondary N) is 1. The van der Waals surface area contributed by atoms with Gasteiger partial charge in [-0.15, -0.1) is 0 Å². The third-order valence-electron chi connectivity index (χ3n) is 1.58. The van der Waals surface area contributed by atoms with Gasteiger partial charge in [-0.2, -0.15) is 0 Å². The predicted octanol–water partition coefficient (Wildman–Crippen LogP) is 2.27. The molecule has 0 spiro atoms. The minimum atomic E-state index is 1.18. The van der Waals surface area contributed by atoms with Gasteiger partial charge in [0.05, 0.1) is 0 Å². The third-order valence-corrected chi connectivity index (χ3v) is 1.58. The second-order valence-electron chi connectivity index (χ2n) is 2.49. The minimum absolute atomic E-state index is 1.18. The van der Waals surface area contributed by atoms with Gasteiger partial charge in [-0.1, -0.05) is 30.3 Å². The number of hydrogen-bond acceptors (Lipinski definition) is 1. The number of rotatable bonds is 2. The van der Waals surface area contributed by atoms with E-state index in [0.717, 1.165) is 0 Å². The average molecular weight is 147 g/mol. The Hall–Kier alpha value is -1.24. The van der Waals surface area contributed by atoms with Crippen molar-refractivity contribution in [1.82, 2.24) is 5.32 Å². The topological polar surface area (TPSA) is 12.0 Å². The molecule has 0 bridgehead atoms. The third kappa shape index (κ3) is 2.46. The highest BCUT2D eigenvalue weighted by molar-refractivity contribution is 5.51. The van der Waals surface area contributed by atoms with E-state index in [1.807, 2.05) is 32.2 Å². The summed E-state index contributed by atoms with van der Waals surface area (Å²) in [6, 6.07) is 10.3. The summed E-state index contributed by atoms with van der Waals surface area (Å²) in [7, 11) is 1.93. The fourth-order valence-electron chi connectivity index (χ4n) is 0.871. The molecule has 58 valence electrons. The molecule has 1 N–H and O–H groups in total. The largest absolute Gasteiger partial charge is 0.392 e. The summed E-state index contributed by atoms with van der Waals surface area (Å²) in [5.74, 6) is 0. The zero-order valence-electron chi connectivity index (χ0n) is 6.96. The van der Waals surface area contributed by atoms with E-state index in [-0.39, 0.29) is 0 Å². The number of allylic oxidation sites excluding steroid dienone is 1. The van der Waals surface area contributed by atoms with Gasteiger partial charge in [-0.3, -0.25) is 0 Å². The maximum atomic E-state index is 3.07. The summed E-state index contributed by atoms with van der Waals surface area (Å²) in [6.45, 7) is 2.05. The van der Waals surface area contributed by atoms with Crippen LogP contribution in [0.15, 0.2) is 36.0 Å². The summed E-state index contributed by atoms with van der Waals surface area (Å²) in [5.41, 5.74) is 2.41. The van der Waals surface area contributed by atoms with Crippen molar-refractivity contribution >= 4 is 6.08 Å². The Labute approximate surface area is 67.8 Å². The maximum absolute atomic E-state index is 3.07. The lowest BCUT2D eigenvalue weighted by molar-refractivity contribution is 1.00. The highest BCUT2D eigenvalue weighted by Crippen LogP contribution is 2.02. The molecule has 0 saturated carbocycles. The van der Waals surface area contributed by atoms with Crippen LogP contribution in [0.2, 0.25) is 0 Å². The first kappa shape index (κ1) is 7.86.